The van der Waals surface area contributed by atoms with E-state index in [1.54, 1.807) is 11.1 Å². The summed E-state index contributed by atoms with van der Waals surface area (Å²) in [6, 6.07) is 4.15. The second-order valence-electron chi connectivity index (χ2n) is 9.00. The van der Waals surface area contributed by atoms with Gasteiger partial charge in [0.15, 0.2) is 0 Å². The fourth-order valence-corrected chi connectivity index (χ4v) is 4.43. The van der Waals surface area contributed by atoms with Gasteiger partial charge in [-0.1, -0.05) is 12.5 Å². The zero-order valence-electron chi connectivity index (χ0n) is 20.5. The highest BCUT2D eigenvalue weighted by Gasteiger charge is 2.30. The highest BCUT2D eigenvalue weighted by atomic mass is 19.4. The minimum absolute atomic E-state index is 0.154. The second kappa shape index (κ2) is 11.1. The number of nitrogens with one attached hydrogen (secondary N) is 1. The highest BCUT2D eigenvalue weighted by molar-refractivity contribution is 5.75. The van der Waals surface area contributed by atoms with Crippen LogP contribution in [0.15, 0.2) is 36.8 Å². The topological polar surface area (TPSA) is 84.7 Å². The Hall–Kier alpha value is -3.37. The number of alkyl halides is 3. The quantitative estimate of drug-likeness (QED) is 0.506. The smallest absolute Gasteiger partial charge is 0.389 e. The van der Waals surface area contributed by atoms with Crippen LogP contribution in [0, 0.1) is 0 Å². The average molecular weight is 505 g/mol. The van der Waals surface area contributed by atoms with Gasteiger partial charge in [-0.3, -0.25) is 0 Å². The van der Waals surface area contributed by atoms with E-state index in [1.807, 2.05) is 48.8 Å². The molecule has 194 valence electrons. The molecule has 4 heterocycles. The third-order valence-electron chi connectivity index (χ3n) is 6.41. The molecule has 1 N–H and O–H groups in total. The number of imidazole rings is 1. The SMILES string of the molecule is CCN1C(=O)N[C@@H](CCC(F)(F)F)CCCCCOc2nc(cn3ccnc23)-c2cccc(n2)C1C. The number of amides is 2. The third-order valence-corrected chi connectivity index (χ3v) is 6.41. The average Bonchev–Trinajstić information content (AvgIpc) is 3.33. The molecule has 0 fully saturated rings. The Bertz CT molecular complexity index is 1180. The van der Waals surface area contributed by atoms with Gasteiger partial charge in [0.2, 0.25) is 5.65 Å². The van der Waals surface area contributed by atoms with Crippen LogP contribution in [0.1, 0.15) is 64.1 Å². The fourth-order valence-electron chi connectivity index (χ4n) is 4.43. The molecule has 4 rings (SSSR count). The van der Waals surface area contributed by atoms with Crippen molar-refractivity contribution in [2.75, 3.05) is 13.2 Å². The van der Waals surface area contributed by atoms with Gasteiger partial charge in [-0.25, -0.2) is 19.7 Å². The molecule has 0 radical (unpaired) electrons. The molecule has 1 aliphatic heterocycles. The molecular formula is C25H31F3N6O2. The molecule has 0 saturated heterocycles. The Morgan fingerprint density at radius 3 is 2.78 bits per heavy atom. The van der Waals surface area contributed by atoms with E-state index in [0.717, 1.165) is 6.42 Å². The van der Waals surface area contributed by atoms with Crippen LogP contribution < -0.4 is 10.1 Å². The Morgan fingerprint density at radius 1 is 1.17 bits per heavy atom. The predicted molar refractivity (Wildman–Crippen MR) is 129 cm³/mol. The summed E-state index contributed by atoms with van der Waals surface area (Å²) in [6.07, 6.45) is 2.53. The van der Waals surface area contributed by atoms with E-state index in [2.05, 4.69) is 15.3 Å². The third kappa shape index (κ3) is 6.24. The number of ether oxygens (including phenoxy) is 1. The number of pyridine rings is 1. The van der Waals surface area contributed by atoms with Crippen LogP contribution in [0.4, 0.5) is 18.0 Å². The molecule has 0 spiro atoms. The summed E-state index contributed by atoms with van der Waals surface area (Å²) in [5.41, 5.74) is 2.47. The number of aromatic nitrogens is 4. The number of fused-ring (bicyclic) bond motifs is 7. The maximum atomic E-state index is 13.2. The molecule has 1 unspecified atom stereocenters. The zero-order chi connectivity index (χ0) is 25.7. The van der Waals surface area contributed by atoms with Gasteiger partial charge in [-0.15, -0.1) is 0 Å². The molecule has 0 aromatic carbocycles. The van der Waals surface area contributed by atoms with Gasteiger partial charge in [-0.2, -0.15) is 13.2 Å². The molecule has 2 atom stereocenters. The van der Waals surface area contributed by atoms with Gasteiger partial charge in [0.25, 0.3) is 5.88 Å². The molecule has 2 amide bonds. The van der Waals surface area contributed by atoms with Crippen LogP contribution in [0.3, 0.4) is 0 Å². The van der Waals surface area contributed by atoms with Crippen molar-refractivity contribution in [3.63, 3.8) is 0 Å². The summed E-state index contributed by atoms with van der Waals surface area (Å²) in [4.78, 5) is 28.5. The second-order valence-corrected chi connectivity index (χ2v) is 9.00. The van der Waals surface area contributed by atoms with E-state index in [4.69, 9.17) is 9.72 Å². The van der Waals surface area contributed by atoms with Crippen molar-refractivity contribution in [3.05, 3.63) is 42.5 Å². The van der Waals surface area contributed by atoms with E-state index in [1.165, 1.54) is 0 Å². The Morgan fingerprint density at radius 2 is 2.00 bits per heavy atom. The van der Waals surface area contributed by atoms with Crippen LogP contribution >= 0.6 is 0 Å². The van der Waals surface area contributed by atoms with Gasteiger partial charge < -0.3 is 19.4 Å². The number of hydrogen-bond acceptors (Lipinski definition) is 5. The fraction of sp³-hybridized carbons (Fsp3) is 0.520. The molecule has 3 aromatic rings. The van der Waals surface area contributed by atoms with E-state index in [9.17, 15) is 18.0 Å². The molecule has 0 saturated carbocycles. The molecule has 36 heavy (non-hydrogen) atoms. The predicted octanol–water partition coefficient (Wildman–Crippen LogP) is 5.55. The standard InChI is InChI=1S/C25H31F3N6O2/c1-3-34-17(2)19-9-7-10-20(31-19)21-16-33-14-13-29-22(33)23(32-21)36-15-6-4-5-8-18(30-24(34)35)11-12-25(26,27)28/h7,9-10,13-14,16-18H,3-6,8,11-12,15H2,1-2H3,(H,30,35)/t17?,18-/m1/s1. The van der Waals surface area contributed by atoms with Gasteiger partial charge >= 0.3 is 12.2 Å². The minimum atomic E-state index is -4.27. The Kier molecular flexibility index (Phi) is 7.95. The van der Waals surface area contributed by atoms with Gasteiger partial charge in [0.1, 0.15) is 5.69 Å². The molecular weight excluding hydrogens is 473 g/mol. The number of carbonyl (C=O) groups excluding carboxylic acids is 1. The van der Waals surface area contributed by atoms with Gasteiger partial charge in [0, 0.05) is 37.6 Å². The summed E-state index contributed by atoms with van der Waals surface area (Å²) in [5.74, 6) is 0.400. The van der Waals surface area contributed by atoms with Gasteiger partial charge in [-0.05, 0) is 51.7 Å². The summed E-state index contributed by atoms with van der Waals surface area (Å²) < 4.78 is 46.5. The van der Waals surface area contributed by atoms with Crippen LogP contribution in [0.25, 0.3) is 17.0 Å². The lowest BCUT2D eigenvalue weighted by Gasteiger charge is -2.30. The number of rotatable bonds is 3. The number of nitrogens with zero attached hydrogens (tertiary/aromatic N) is 5. The van der Waals surface area contributed by atoms with E-state index < -0.39 is 30.7 Å². The lowest BCUT2D eigenvalue weighted by molar-refractivity contribution is -0.136. The van der Waals surface area contributed by atoms with Crippen LogP contribution in [0.2, 0.25) is 0 Å². The monoisotopic (exact) mass is 504 g/mol. The number of urea groups is 1. The molecule has 4 bridgehead atoms. The van der Waals surface area contributed by atoms with Gasteiger partial charge in [0.05, 0.1) is 24.0 Å². The van der Waals surface area contributed by atoms with Crippen LogP contribution in [-0.4, -0.2) is 55.7 Å². The number of carbonyl (C=O) groups is 1. The van der Waals surface area contributed by atoms with E-state index in [0.29, 0.717) is 61.0 Å². The largest absolute Gasteiger partial charge is 0.475 e. The first-order valence-corrected chi connectivity index (χ1v) is 12.3. The lowest BCUT2D eigenvalue weighted by atomic mass is 10.0. The summed E-state index contributed by atoms with van der Waals surface area (Å²) in [7, 11) is 0. The van der Waals surface area contributed by atoms with Crippen molar-refractivity contribution in [1.82, 2.24) is 29.6 Å². The van der Waals surface area contributed by atoms with E-state index >= 15 is 0 Å². The molecule has 8 nitrogen and oxygen atoms in total. The van der Waals surface area contributed by atoms with Crippen molar-refractivity contribution in [2.24, 2.45) is 0 Å². The highest BCUT2D eigenvalue weighted by Crippen LogP contribution is 2.27. The van der Waals surface area contributed by atoms with Crippen molar-refractivity contribution >= 4 is 11.7 Å². The minimum Gasteiger partial charge on any atom is -0.475 e. The summed E-state index contributed by atoms with van der Waals surface area (Å²) >= 11 is 0. The van der Waals surface area contributed by atoms with Crippen molar-refractivity contribution < 1.29 is 22.7 Å². The Balaban J connectivity index is 1.66. The summed E-state index contributed by atoms with van der Waals surface area (Å²) in [6.45, 7) is 4.47. The van der Waals surface area contributed by atoms with Crippen molar-refractivity contribution in [3.8, 4) is 17.3 Å². The normalized spacial score (nSPS) is 20.0. The van der Waals surface area contributed by atoms with Crippen molar-refractivity contribution in [1.29, 1.82) is 0 Å². The first kappa shape index (κ1) is 25.7. The molecule has 11 heteroatoms. The maximum absolute atomic E-state index is 13.2. The first-order chi connectivity index (χ1) is 17.2. The zero-order valence-corrected chi connectivity index (χ0v) is 20.5. The van der Waals surface area contributed by atoms with Crippen LogP contribution in [-0.2, 0) is 0 Å². The maximum Gasteiger partial charge on any atom is 0.389 e. The first-order valence-electron chi connectivity index (χ1n) is 12.3. The molecule has 1 aliphatic rings. The Labute approximate surface area is 207 Å². The molecule has 0 aliphatic carbocycles. The molecule has 3 aromatic heterocycles. The lowest BCUT2D eigenvalue weighted by Crippen LogP contribution is -2.46. The number of halogens is 3. The van der Waals surface area contributed by atoms with Crippen molar-refractivity contribution in [2.45, 2.75) is 70.6 Å². The van der Waals surface area contributed by atoms with E-state index in [-0.39, 0.29) is 6.42 Å². The number of hydrogen-bond donors (Lipinski definition) is 1. The van der Waals surface area contributed by atoms with Crippen LogP contribution in [0.5, 0.6) is 5.88 Å². The summed E-state index contributed by atoms with van der Waals surface area (Å²) in [5, 5.41) is 2.85.